The molecule has 0 aliphatic rings. The molecule has 0 unspecified atom stereocenters. The van der Waals surface area contributed by atoms with Crippen LogP contribution in [0.2, 0.25) is 0 Å². The molecule has 1 amide bonds. The van der Waals surface area contributed by atoms with Gasteiger partial charge in [0.05, 0.1) is 32.0 Å². The van der Waals surface area contributed by atoms with Crippen molar-refractivity contribution in [2.75, 3.05) is 19.5 Å². The quantitative estimate of drug-likeness (QED) is 0.598. The fourth-order valence-corrected chi connectivity index (χ4v) is 3.15. The van der Waals surface area contributed by atoms with Crippen LogP contribution in [0.15, 0.2) is 78.9 Å². The minimum Gasteiger partial charge on any atom is -0.497 e. The van der Waals surface area contributed by atoms with Crippen LogP contribution >= 0.6 is 0 Å². The Morgan fingerprint density at radius 3 is 1.93 bits per heavy atom. The summed E-state index contributed by atoms with van der Waals surface area (Å²) in [5.41, 5.74) is 2.76. The van der Waals surface area contributed by atoms with Gasteiger partial charge < -0.3 is 14.8 Å². The number of benzene rings is 3. The molecule has 0 spiro atoms. The molecule has 3 aromatic carbocycles. The van der Waals surface area contributed by atoms with Crippen LogP contribution in [0.1, 0.15) is 24.1 Å². The minimum atomic E-state index is -0.448. The second kappa shape index (κ2) is 9.75. The Morgan fingerprint density at radius 2 is 1.41 bits per heavy atom. The Bertz CT molecular complexity index is 890. The van der Waals surface area contributed by atoms with Gasteiger partial charge in [-0.2, -0.15) is 0 Å². The average Bonchev–Trinajstić information content (AvgIpc) is 2.78. The molecule has 5 heteroatoms. The summed E-state index contributed by atoms with van der Waals surface area (Å²) < 4.78 is 10.6. The van der Waals surface area contributed by atoms with E-state index >= 15 is 0 Å². The number of carbonyl (C=O) groups is 1. The topological polar surface area (TPSA) is 59.6 Å². The first-order valence-corrected chi connectivity index (χ1v) is 9.51. The van der Waals surface area contributed by atoms with Gasteiger partial charge in [-0.3, -0.25) is 10.1 Å². The van der Waals surface area contributed by atoms with Crippen LogP contribution in [0.3, 0.4) is 0 Å². The van der Waals surface area contributed by atoms with E-state index in [0.717, 1.165) is 11.1 Å². The predicted molar refractivity (Wildman–Crippen MR) is 116 cm³/mol. The van der Waals surface area contributed by atoms with Crippen molar-refractivity contribution in [3.05, 3.63) is 90.0 Å². The van der Waals surface area contributed by atoms with Gasteiger partial charge in [-0.15, -0.1) is 0 Å². The van der Waals surface area contributed by atoms with Crippen molar-refractivity contribution in [2.45, 2.75) is 19.0 Å². The van der Waals surface area contributed by atoms with Crippen molar-refractivity contribution >= 4 is 11.6 Å². The molecular formula is C24H26N2O3. The van der Waals surface area contributed by atoms with Crippen LogP contribution in [-0.2, 0) is 4.79 Å². The zero-order valence-corrected chi connectivity index (χ0v) is 16.9. The fraction of sp³-hybridized carbons (Fsp3) is 0.208. The Hall–Kier alpha value is -3.31. The summed E-state index contributed by atoms with van der Waals surface area (Å²) >= 11 is 0. The lowest BCUT2D eigenvalue weighted by Crippen LogP contribution is -2.40. The largest absolute Gasteiger partial charge is 0.497 e. The highest BCUT2D eigenvalue weighted by Crippen LogP contribution is 2.29. The standard InChI is InChI=1S/C24H26N2O3/c1-17(24(27)26-21-16-20(28-2)14-15-22(21)29-3)25-23(18-10-6-4-7-11-18)19-12-8-5-9-13-19/h4-17,23,25H,1-3H3,(H,26,27)/t17-/m0/s1. The molecule has 0 saturated heterocycles. The van der Waals surface area contributed by atoms with Crippen molar-refractivity contribution in [3.8, 4) is 11.5 Å². The smallest absolute Gasteiger partial charge is 0.241 e. The molecule has 150 valence electrons. The third-order valence-electron chi connectivity index (χ3n) is 4.74. The number of carbonyl (C=O) groups excluding carboxylic acids is 1. The van der Waals surface area contributed by atoms with Crippen LogP contribution in [0.4, 0.5) is 5.69 Å². The fourth-order valence-electron chi connectivity index (χ4n) is 3.15. The normalized spacial score (nSPS) is 11.7. The Labute approximate surface area is 171 Å². The number of hydrogen-bond acceptors (Lipinski definition) is 4. The number of amides is 1. The van der Waals surface area contributed by atoms with Crippen molar-refractivity contribution in [2.24, 2.45) is 0 Å². The molecule has 0 aliphatic heterocycles. The van der Waals surface area contributed by atoms with E-state index in [9.17, 15) is 4.79 Å². The molecule has 5 nitrogen and oxygen atoms in total. The molecule has 3 aromatic rings. The zero-order valence-electron chi connectivity index (χ0n) is 16.9. The summed E-state index contributed by atoms with van der Waals surface area (Å²) in [6.07, 6.45) is 0. The van der Waals surface area contributed by atoms with E-state index < -0.39 is 6.04 Å². The Kier molecular flexibility index (Phi) is 6.87. The van der Waals surface area contributed by atoms with E-state index in [1.165, 1.54) is 0 Å². The number of anilines is 1. The molecule has 2 N–H and O–H groups in total. The molecular weight excluding hydrogens is 364 g/mol. The van der Waals surface area contributed by atoms with Crippen LogP contribution < -0.4 is 20.1 Å². The molecule has 1 atom stereocenters. The molecule has 29 heavy (non-hydrogen) atoms. The second-order valence-electron chi connectivity index (χ2n) is 6.70. The molecule has 0 saturated carbocycles. The van der Waals surface area contributed by atoms with Gasteiger partial charge >= 0.3 is 0 Å². The first kappa shape index (κ1) is 20.4. The maximum absolute atomic E-state index is 12.9. The minimum absolute atomic E-state index is 0.106. The Balaban J connectivity index is 1.79. The van der Waals surface area contributed by atoms with Gasteiger partial charge in [0.2, 0.25) is 5.91 Å². The van der Waals surface area contributed by atoms with Gasteiger partial charge in [0, 0.05) is 6.07 Å². The number of hydrogen-bond donors (Lipinski definition) is 2. The van der Waals surface area contributed by atoms with E-state index in [4.69, 9.17) is 9.47 Å². The van der Waals surface area contributed by atoms with Crippen LogP contribution in [-0.4, -0.2) is 26.2 Å². The first-order chi connectivity index (χ1) is 14.1. The van der Waals surface area contributed by atoms with Gasteiger partial charge in [0.1, 0.15) is 11.5 Å². The SMILES string of the molecule is COc1ccc(OC)c(NC(=O)[C@H](C)NC(c2ccccc2)c2ccccc2)c1. The molecule has 0 radical (unpaired) electrons. The molecule has 0 heterocycles. The summed E-state index contributed by atoms with van der Waals surface area (Å²) in [4.78, 5) is 12.9. The van der Waals surface area contributed by atoms with E-state index in [1.54, 1.807) is 32.4 Å². The van der Waals surface area contributed by atoms with Gasteiger partial charge in [0.15, 0.2) is 0 Å². The summed E-state index contributed by atoms with van der Waals surface area (Å²) in [7, 11) is 3.15. The van der Waals surface area contributed by atoms with Crippen LogP contribution in [0, 0.1) is 0 Å². The van der Waals surface area contributed by atoms with E-state index in [2.05, 4.69) is 34.9 Å². The Morgan fingerprint density at radius 1 is 0.828 bits per heavy atom. The van der Waals surface area contributed by atoms with Crippen molar-refractivity contribution in [1.82, 2.24) is 5.32 Å². The summed E-state index contributed by atoms with van der Waals surface area (Å²) in [6, 6.07) is 24.9. The third kappa shape index (κ3) is 5.15. The zero-order chi connectivity index (χ0) is 20.6. The lowest BCUT2D eigenvalue weighted by Gasteiger charge is -2.24. The monoisotopic (exact) mass is 390 g/mol. The van der Waals surface area contributed by atoms with E-state index in [1.807, 2.05) is 43.3 Å². The van der Waals surface area contributed by atoms with Crippen molar-refractivity contribution in [3.63, 3.8) is 0 Å². The van der Waals surface area contributed by atoms with Crippen molar-refractivity contribution in [1.29, 1.82) is 0 Å². The summed E-state index contributed by atoms with van der Waals surface area (Å²) in [5.74, 6) is 1.07. The van der Waals surface area contributed by atoms with Gasteiger partial charge in [-0.05, 0) is 30.2 Å². The lowest BCUT2D eigenvalue weighted by molar-refractivity contribution is -0.117. The van der Waals surface area contributed by atoms with Crippen molar-refractivity contribution < 1.29 is 14.3 Å². The maximum atomic E-state index is 12.9. The third-order valence-corrected chi connectivity index (χ3v) is 4.74. The highest BCUT2D eigenvalue weighted by molar-refractivity contribution is 5.96. The summed E-state index contributed by atoms with van der Waals surface area (Å²) in [6.45, 7) is 1.85. The molecule has 0 aliphatic carbocycles. The maximum Gasteiger partial charge on any atom is 0.241 e. The van der Waals surface area contributed by atoms with E-state index in [0.29, 0.717) is 17.2 Å². The van der Waals surface area contributed by atoms with E-state index in [-0.39, 0.29) is 11.9 Å². The number of rotatable bonds is 8. The van der Waals surface area contributed by atoms with Crippen LogP contribution in [0.5, 0.6) is 11.5 Å². The van der Waals surface area contributed by atoms with Crippen LogP contribution in [0.25, 0.3) is 0 Å². The molecule has 0 aromatic heterocycles. The highest BCUT2D eigenvalue weighted by atomic mass is 16.5. The first-order valence-electron chi connectivity index (χ1n) is 9.51. The number of ether oxygens (including phenoxy) is 2. The molecule has 0 fully saturated rings. The van der Waals surface area contributed by atoms with Gasteiger partial charge in [-0.1, -0.05) is 60.7 Å². The average molecular weight is 390 g/mol. The van der Waals surface area contributed by atoms with Gasteiger partial charge in [0.25, 0.3) is 0 Å². The summed E-state index contributed by atoms with van der Waals surface area (Å²) in [5, 5.41) is 6.39. The highest BCUT2D eigenvalue weighted by Gasteiger charge is 2.21. The molecule has 0 bridgehead atoms. The predicted octanol–water partition coefficient (Wildman–Crippen LogP) is 4.41. The molecule has 3 rings (SSSR count). The lowest BCUT2D eigenvalue weighted by atomic mass is 9.98. The van der Waals surface area contributed by atoms with Gasteiger partial charge in [-0.25, -0.2) is 0 Å². The second-order valence-corrected chi connectivity index (χ2v) is 6.70. The number of methoxy groups -OCH3 is 2. The number of nitrogens with one attached hydrogen (secondary N) is 2.